The maximum Gasteiger partial charge on any atom is 0.223 e. The fourth-order valence-corrected chi connectivity index (χ4v) is 2.22. The van der Waals surface area contributed by atoms with Crippen molar-refractivity contribution in [1.82, 2.24) is 20.9 Å². The third-order valence-corrected chi connectivity index (χ3v) is 3.81. The number of amides is 1. The van der Waals surface area contributed by atoms with E-state index in [-0.39, 0.29) is 11.8 Å². The first-order chi connectivity index (χ1) is 10.7. The average molecular weight is 311 g/mol. The standard InChI is InChI=1S/C16H33N5O/c1-4-17-16(19-10-7-13-21(5-2)6-3)20-12-11-18-15(22)14-8-9-14/h14H,4-13H2,1-3H3,(H,18,22)(H2,17,19,20). The van der Waals surface area contributed by atoms with Crippen LogP contribution in [0, 0.1) is 5.92 Å². The lowest BCUT2D eigenvalue weighted by Gasteiger charge is -2.17. The van der Waals surface area contributed by atoms with Crippen molar-refractivity contribution in [1.29, 1.82) is 0 Å². The number of guanidine groups is 1. The van der Waals surface area contributed by atoms with E-state index in [0.29, 0.717) is 13.1 Å². The number of nitrogens with one attached hydrogen (secondary N) is 3. The lowest BCUT2D eigenvalue weighted by molar-refractivity contribution is -0.122. The highest BCUT2D eigenvalue weighted by Gasteiger charge is 2.28. The highest BCUT2D eigenvalue weighted by molar-refractivity contribution is 5.81. The van der Waals surface area contributed by atoms with Crippen molar-refractivity contribution in [3.63, 3.8) is 0 Å². The van der Waals surface area contributed by atoms with Gasteiger partial charge in [-0.15, -0.1) is 0 Å². The molecule has 1 rings (SSSR count). The summed E-state index contributed by atoms with van der Waals surface area (Å²) in [5.41, 5.74) is 0. The number of hydrogen-bond donors (Lipinski definition) is 3. The number of aliphatic imine (C=N–C) groups is 1. The molecule has 6 nitrogen and oxygen atoms in total. The summed E-state index contributed by atoms with van der Waals surface area (Å²) in [5.74, 6) is 1.31. The van der Waals surface area contributed by atoms with E-state index in [1.54, 1.807) is 0 Å². The molecule has 1 aliphatic rings. The lowest BCUT2D eigenvalue weighted by Crippen LogP contribution is -2.41. The zero-order chi connectivity index (χ0) is 16.2. The van der Waals surface area contributed by atoms with E-state index in [1.807, 2.05) is 0 Å². The Morgan fingerprint density at radius 1 is 1.09 bits per heavy atom. The third kappa shape index (κ3) is 8.22. The SMILES string of the molecule is CCNC(=NCCCN(CC)CC)NCCNC(=O)C1CC1. The van der Waals surface area contributed by atoms with Crippen molar-refractivity contribution in [3.8, 4) is 0 Å². The first kappa shape index (κ1) is 18.7. The van der Waals surface area contributed by atoms with Crippen LogP contribution in [0.3, 0.4) is 0 Å². The van der Waals surface area contributed by atoms with Crippen LogP contribution in [0.15, 0.2) is 4.99 Å². The molecule has 3 N–H and O–H groups in total. The van der Waals surface area contributed by atoms with Gasteiger partial charge in [0.15, 0.2) is 5.96 Å². The van der Waals surface area contributed by atoms with E-state index in [4.69, 9.17) is 0 Å². The largest absolute Gasteiger partial charge is 0.357 e. The molecule has 0 unspecified atom stereocenters. The van der Waals surface area contributed by atoms with Crippen LogP contribution in [0.25, 0.3) is 0 Å². The summed E-state index contributed by atoms with van der Waals surface area (Å²) in [5, 5.41) is 9.45. The summed E-state index contributed by atoms with van der Waals surface area (Å²) in [6, 6.07) is 0. The summed E-state index contributed by atoms with van der Waals surface area (Å²) in [4.78, 5) is 18.5. The maximum atomic E-state index is 11.5. The molecular formula is C16H33N5O. The predicted molar refractivity (Wildman–Crippen MR) is 92.1 cm³/mol. The fraction of sp³-hybridized carbons (Fsp3) is 0.875. The van der Waals surface area contributed by atoms with E-state index in [1.165, 1.54) is 0 Å². The van der Waals surface area contributed by atoms with Crippen molar-refractivity contribution in [3.05, 3.63) is 0 Å². The van der Waals surface area contributed by atoms with Gasteiger partial charge in [-0.25, -0.2) is 0 Å². The summed E-state index contributed by atoms with van der Waals surface area (Å²) in [6.45, 7) is 12.7. The highest BCUT2D eigenvalue weighted by Crippen LogP contribution is 2.28. The van der Waals surface area contributed by atoms with Crippen molar-refractivity contribution in [2.45, 2.75) is 40.0 Å². The van der Waals surface area contributed by atoms with E-state index in [2.05, 4.69) is 46.6 Å². The molecule has 0 saturated heterocycles. The second kappa shape index (κ2) is 11.3. The van der Waals surface area contributed by atoms with Crippen LogP contribution in [0.2, 0.25) is 0 Å². The van der Waals surface area contributed by atoms with E-state index < -0.39 is 0 Å². The zero-order valence-corrected chi connectivity index (χ0v) is 14.5. The van der Waals surface area contributed by atoms with Gasteiger partial charge in [-0.2, -0.15) is 0 Å². The minimum absolute atomic E-state index is 0.197. The van der Waals surface area contributed by atoms with Crippen molar-refractivity contribution < 1.29 is 4.79 Å². The van der Waals surface area contributed by atoms with Crippen LogP contribution in [-0.2, 0) is 4.79 Å². The first-order valence-electron chi connectivity index (χ1n) is 8.73. The Morgan fingerprint density at radius 3 is 2.36 bits per heavy atom. The van der Waals surface area contributed by atoms with Gasteiger partial charge in [0.1, 0.15) is 0 Å². The molecule has 0 aromatic rings. The van der Waals surface area contributed by atoms with Crippen LogP contribution < -0.4 is 16.0 Å². The Morgan fingerprint density at radius 2 is 1.77 bits per heavy atom. The molecule has 1 amide bonds. The molecule has 0 heterocycles. The Hall–Kier alpha value is -1.30. The monoisotopic (exact) mass is 311 g/mol. The molecule has 6 heteroatoms. The Bertz CT molecular complexity index is 337. The Labute approximate surface area is 135 Å². The normalized spacial score (nSPS) is 15.0. The molecule has 0 bridgehead atoms. The second-order valence-corrected chi connectivity index (χ2v) is 5.63. The summed E-state index contributed by atoms with van der Waals surface area (Å²) < 4.78 is 0. The molecule has 0 aromatic carbocycles. The molecule has 1 saturated carbocycles. The van der Waals surface area contributed by atoms with Gasteiger partial charge in [-0.05, 0) is 45.8 Å². The van der Waals surface area contributed by atoms with E-state index >= 15 is 0 Å². The molecule has 0 aliphatic heterocycles. The first-order valence-corrected chi connectivity index (χ1v) is 8.73. The molecule has 0 radical (unpaired) electrons. The quantitative estimate of drug-likeness (QED) is 0.300. The minimum Gasteiger partial charge on any atom is -0.357 e. The van der Waals surface area contributed by atoms with Crippen LogP contribution in [0.5, 0.6) is 0 Å². The number of carbonyl (C=O) groups excluding carboxylic acids is 1. The van der Waals surface area contributed by atoms with Gasteiger partial charge in [0.2, 0.25) is 5.91 Å². The Kier molecular flexibility index (Phi) is 9.62. The molecule has 0 atom stereocenters. The van der Waals surface area contributed by atoms with Gasteiger partial charge in [-0.1, -0.05) is 13.8 Å². The summed E-state index contributed by atoms with van der Waals surface area (Å²) in [7, 11) is 0. The van der Waals surface area contributed by atoms with E-state index in [0.717, 1.165) is 57.9 Å². The number of carbonyl (C=O) groups is 1. The number of nitrogens with zero attached hydrogens (tertiary/aromatic N) is 2. The van der Waals surface area contributed by atoms with Gasteiger partial charge in [0.05, 0.1) is 0 Å². The molecule has 1 aliphatic carbocycles. The minimum atomic E-state index is 0.197. The smallest absolute Gasteiger partial charge is 0.223 e. The molecule has 1 fully saturated rings. The third-order valence-electron chi connectivity index (χ3n) is 3.81. The van der Waals surface area contributed by atoms with Gasteiger partial charge in [0.25, 0.3) is 0 Å². The van der Waals surface area contributed by atoms with Gasteiger partial charge >= 0.3 is 0 Å². The molecule has 22 heavy (non-hydrogen) atoms. The van der Waals surface area contributed by atoms with Crippen LogP contribution in [0.1, 0.15) is 40.0 Å². The number of rotatable bonds is 11. The second-order valence-electron chi connectivity index (χ2n) is 5.63. The van der Waals surface area contributed by atoms with Crippen LogP contribution >= 0.6 is 0 Å². The highest BCUT2D eigenvalue weighted by atomic mass is 16.2. The van der Waals surface area contributed by atoms with Crippen LogP contribution in [-0.4, -0.2) is 62.6 Å². The summed E-state index contributed by atoms with van der Waals surface area (Å²) in [6.07, 6.45) is 3.17. The molecular weight excluding hydrogens is 278 g/mol. The molecule has 0 spiro atoms. The number of hydrogen-bond acceptors (Lipinski definition) is 3. The lowest BCUT2D eigenvalue weighted by atomic mass is 10.4. The fourth-order valence-electron chi connectivity index (χ4n) is 2.22. The van der Waals surface area contributed by atoms with Crippen molar-refractivity contribution >= 4 is 11.9 Å². The van der Waals surface area contributed by atoms with Gasteiger partial charge < -0.3 is 20.9 Å². The van der Waals surface area contributed by atoms with E-state index in [9.17, 15) is 4.79 Å². The van der Waals surface area contributed by atoms with Crippen molar-refractivity contribution in [2.75, 3.05) is 45.8 Å². The van der Waals surface area contributed by atoms with Gasteiger partial charge in [0, 0.05) is 32.1 Å². The maximum absolute atomic E-state index is 11.5. The molecule has 0 aromatic heterocycles. The molecule has 128 valence electrons. The average Bonchev–Trinajstić information content (AvgIpc) is 3.36. The zero-order valence-electron chi connectivity index (χ0n) is 14.5. The predicted octanol–water partition coefficient (Wildman–Crippen LogP) is 0.800. The summed E-state index contributed by atoms with van der Waals surface area (Å²) >= 11 is 0. The van der Waals surface area contributed by atoms with Crippen LogP contribution in [0.4, 0.5) is 0 Å². The van der Waals surface area contributed by atoms with Gasteiger partial charge in [-0.3, -0.25) is 9.79 Å². The van der Waals surface area contributed by atoms with Crippen molar-refractivity contribution in [2.24, 2.45) is 10.9 Å². The topological polar surface area (TPSA) is 68.8 Å². The Balaban J connectivity index is 2.15.